The summed E-state index contributed by atoms with van der Waals surface area (Å²) in [4.78, 5) is 87.6. The molecular formula is C29H37N3O12. The molecule has 0 spiro atoms. The van der Waals surface area contributed by atoms with Gasteiger partial charge in [0.2, 0.25) is 23.5 Å². The minimum absolute atomic E-state index is 0.132. The highest BCUT2D eigenvalue weighted by atomic mass is 16.6. The monoisotopic (exact) mass is 619 g/mol. The van der Waals surface area contributed by atoms with E-state index in [-0.39, 0.29) is 12.5 Å². The van der Waals surface area contributed by atoms with Crippen LogP contribution in [0.1, 0.15) is 40.2 Å². The van der Waals surface area contributed by atoms with Gasteiger partial charge in [0.1, 0.15) is 6.61 Å². The Kier molecular flexibility index (Phi) is 13.3. The number of nitrogens with one attached hydrogen (secondary N) is 2. The van der Waals surface area contributed by atoms with Crippen molar-refractivity contribution in [3.05, 3.63) is 47.7 Å². The van der Waals surface area contributed by atoms with Crippen LogP contribution in [0.2, 0.25) is 0 Å². The first kappa shape index (κ1) is 35.2. The average Bonchev–Trinajstić information content (AvgIpc) is 2.94. The van der Waals surface area contributed by atoms with E-state index in [2.05, 4.69) is 10.6 Å². The number of rotatable bonds is 13. The van der Waals surface area contributed by atoms with Gasteiger partial charge in [-0.1, -0.05) is 30.3 Å². The number of carbonyl (C=O) groups is 7. The molecule has 2 rings (SSSR count). The summed E-state index contributed by atoms with van der Waals surface area (Å²) in [5.41, 5.74) is 0.777. The molecule has 1 aliphatic heterocycles. The van der Waals surface area contributed by atoms with E-state index in [1.807, 2.05) is 6.07 Å². The molecule has 3 amide bonds. The molecule has 2 N–H and O–H groups in total. The molecule has 1 aliphatic rings. The van der Waals surface area contributed by atoms with Gasteiger partial charge in [0, 0.05) is 41.2 Å². The third kappa shape index (κ3) is 11.0. The van der Waals surface area contributed by atoms with Crippen molar-refractivity contribution in [2.75, 3.05) is 20.3 Å². The van der Waals surface area contributed by atoms with Crippen LogP contribution in [0, 0.1) is 0 Å². The van der Waals surface area contributed by atoms with E-state index < -0.39 is 85.0 Å². The Bertz CT molecular complexity index is 1270. The summed E-state index contributed by atoms with van der Waals surface area (Å²) in [6, 6.07) is 6.53. The molecule has 0 aliphatic carbocycles. The molecule has 0 fully saturated rings. The van der Waals surface area contributed by atoms with Crippen molar-refractivity contribution >= 4 is 41.6 Å². The summed E-state index contributed by atoms with van der Waals surface area (Å²) in [7, 11) is 1.08. The van der Waals surface area contributed by atoms with Gasteiger partial charge in [-0.15, -0.1) is 0 Å². The SMILES string of the molecule is COC(=O)C1=C[C@H](NC(=O)CN(Cc2ccccc2)C(C)=O)[C@@H](NC(C)=O)[C@@H]([C@@H](OC(C)=O)[C@@H](COC(C)=O)OC(C)=O)O1. The smallest absolute Gasteiger partial charge is 0.373 e. The Morgan fingerprint density at radius 2 is 1.52 bits per heavy atom. The van der Waals surface area contributed by atoms with E-state index in [0.717, 1.165) is 33.4 Å². The van der Waals surface area contributed by atoms with E-state index in [1.165, 1.54) is 24.8 Å². The van der Waals surface area contributed by atoms with Gasteiger partial charge in [-0.25, -0.2) is 4.79 Å². The zero-order chi connectivity index (χ0) is 33.0. The molecule has 5 atom stereocenters. The van der Waals surface area contributed by atoms with E-state index in [0.29, 0.717) is 0 Å². The molecule has 0 aromatic heterocycles. The Morgan fingerprint density at radius 3 is 2.05 bits per heavy atom. The highest BCUT2D eigenvalue weighted by Gasteiger charge is 2.48. The van der Waals surface area contributed by atoms with Gasteiger partial charge in [-0.3, -0.25) is 28.8 Å². The van der Waals surface area contributed by atoms with Crippen LogP contribution in [-0.2, 0) is 63.8 Å². The lowest BCUT2D eigenvalue weighted by atomic mass is 9.91. The summed E-state index contributed by atoms with van der Waals surface area (Å²) in [5, 5.41) is 5.29. The average molecular weight is 620 g/mol. The third-order valence-electron chi connectivity index (χ3n) is 6.18. The molecule has 0 radical (unpaired) electrons. The minimum Gasteiger partial charge on any atom is -0.477 e. The lowest BCUT2D eigenvalue weighted by Gasteiger charge is -2.42. The van der Waals surface area contributed by atoms with Crippen LogP contribution in [0.5, 0.6) is 0 Å². The van der Waals surface area contributed by atoms with Gasteiger partial charge in [0.05, 0.1) is 25.7 Å². The number of methoxy groups -OCH3 is 1. The highest BCUT2D eigenvalue weighted by Crippen LogP contribution is 2.27. The molecule has 0 unspecified atom stereocenters. The topological polar surface area (TPSA) is 193 Å². The fourth-order valence-electron chi connectivity index (χ4n) is 4.40. The summed E-state index contributed by atoms with van der Waals surface area (Å²) < 4.78 is 26.4. The predicted molar refractivity (Wildman–Crippen MR) is 150 cm³/mol. The first-order valence-corrected chi connectivity index (χ1v) is 13.5. The molecule has 0 saturated heterocycles. The second-order valence-electron chi connectivity index (χ2n) is 9.81. The maximum Gasteiger partial charge on any atom is 0.373 e. The quantitative estimate of drug-likeness (QED) is 0.220. The van der Waals surface area contributed by atoms with Crippen LogP contribution >= 0.6 is 0 Å². The van der Waals surface area contributed by atoms with Crippen molar-refractivity contribution in [2.45, 2.75) is 71.6 Å². The molecule has 0 bridgehead atoms. The van der Waals surface area contributed by atoms with Gasteiger partial charge in [-0.05, 0) is 11.6 Å². The maximum absolute atomic E-state index is 13.3. The number of carbonyl (C=O) groups excluding carboxylic acids is 7. The van der Waals surface area contributed by atoms with Crippen molar-refractivity contribution in [3.8, 4) is 0 Å². The molecule has 15 nitrogen and oxygen atoms in total. The number of hydrogen-bond acceptors (Lipinski definition) is 12. The normalized spacial score (nSPS) is 18.6. The lowest BCUT2D eigenvalue weighted by Crippen LogP contribution is -2.65. The van der Waals surface area contributed by atoms with Crippen LogP contribution in [0.15, 0.2) is 42.2 Å². The Hall–Kier alpha value is -4.95. The third-order valence-corrected chi connectivity index (χ3v) is 6.18. The van der Waals surface area contributed by atoms with E-state index in [1.54, 1.807) is 24.3 Å². The number of amides is 3. The summed E-state index contributed by atoms with van der Waals surface area (Å²) >= 11 is 0. The molecule has 1 aromatic carbocycles. The van der Waals surface area contributed by atoms with Crippen LogP contribution < -0.4 is 10.6 Å². The molecule has 240 valence electrons. The second kappa shape index (κ2) is 16.6. The Morgan fingerprint density at radius 1 is 0.886 bits per heavy atom. The fraction of sp³-hybridized carbons (Fsp3) is 0.483. The lowest BCUT2D eigenvalue weighted by molar-refractivity contribution is -0.188. The molecule has 1 heterocycles. The number of hydrogen-bond donors (Lipinski definition) is 2. The summed E-state index contributed by atoms with van der Waals surface area (Å²) in [6.45, 7) is 4.87. The van der Waals surface area contributed by atoms with E-state index in [4.69, 9.17) is 23.7 Å². The first-order valence-electron chi connectivity index (χ1n) is 13.5. The van der Waals surface area contributed by atoms with Crippen molar-refractivity contribution in [3.63, 3.8) is 0 Å². The Labute approximate surface area is 254 Å². The fourth-order valence-corrected chi connectivity index (χ4v) is 4.40. The number of benzene rings is 1. The van der Waals surface area contributed by atoms with Crippen LogP contribution in [0.3, 0.4) is 0 Å². The van der Waals surface area contributed by atoms with Gasteiger partial charge >= 0.3 is 23.9 Å². The summed E-state index contributed by atoms with van der Waals surface area (Å²) in [5.74, 6) is -5.49. The predicted octanol–water partition coefficient (Wildman–Crippen LogP) is -0.0932. The Balaban J connectivity index is 2.52. The molecule has 44 heavy (non-hydrogen) atoms. The van der Waals surface area contributed by atoms with Crippen molar-refractivity contribution in [1.29, 1.82) is 0 Å². The van der Waals surface area contributed by atoms with Gasteiger partial charge in [0.15, 0.2) is 18.3 Å². The molecule has 15 heteroatoms. The maximum atomic E-state index is 13.3. The molecule has 1 aromatic rings. The van der Waals surface area contributed by atoms with Crippen molar-refractivity contribution in [1.82, 2.24) is 15.5 Å². The second-order valence-corrected chi connectivity index (χ2v) is 9.81. The highest BCUT2D eigenvalue weighted by molar-refractivity contribution is 5.88. The van der Waals surface area contributed by atoms with Gasteiger partial charge in [0.25, 0.3) is 0 Å². The van der Waals surface area contributed by atoms with Crippen molar-refractivity contribution < 1.29 is 57.2 Å². The van der Waals surface area contributed by atoms with Crippen LogP contribution in [0.4, 0.5) is 0 Å². The van der Waals surface area contributed by atoms with E-state index >= 15 is 0 Å². The first-order chi connectivity index (χ1) is 20.7. The van der Waals surface area contributed by atoms with Crippen LogP contribution in [-0.4, -0.2) is 97.2 Å². The standard InChI is InChI=1S/C29H37N3O12/c1-16(33)30-26-22(31-25(38)14-32(17(2)34)13-21-10-8-7-9-11-21)12-23(29(39)40-6)44-28(26)27(43-20(5)37)24(42-19(4)36)15-41-18(3)35/h7-12,22,24,26-28H,13-15H2,1-6H3,(H,30,33)(H,31,38)/t22-,24+,26+,27-,28-/m0/s1. The number of nitrogens with zero attached hydrogens (tertiary/aromatic N) is 1. The summed E-state index contributed by atoms with van der Waals surface area (Å²) in [6.07, 6.45) is -3.35. The largest absolute Gasteiger partial charge is 0.477 e. The van der Waals surface area contributed by atoms with Crippen LogP contribution in [0.25, 0.3) is 0 Å². The van der Waals surface area contributed by atoms with Gasteiger partial charge in [-0.2, -0.15) is 0 Å². The number of esters is 4. The van der Waals surface area contributed by atoms with E-state index in [9.17, 15) is 33.6 Å². The van der Waals surface area contributed by atoms with Gasteiger partial charge < -0.3 is 39.2 Å². The number of ether oxygens (including phenoxy) is 5. The van der Waals surface area contributed by atoms with Crippen molar-refractivity contribution in [2.24, 2.45) is 0 Å². The minimum atomic E-state index is -1.58. The molecular weight excluding hydrogens is 582 g/mol. The zero-order valence-electron chi connectivity index (χ0n) is 25.3. The molecule has 0 saturated carbocycles. The zero-order valence-corrected chi connectivity index (χ0v) is 25.3.